The molecule has 0 spiro atoms. The van der Waals surface area contributed by atoms with Gasteiger partial charge in [-0.05, 0) is 42.0 Å². The van der Waals surface area contributed by atoms with E-state index in [-0.39, 0.29) is 6.79 Å². The monoisotopic (exact) mass is 486 g/mol. The van der Waals surface area contributed by atoms with Gasteiger partial charge in [0.2, 0.25) is 18.7 Å². The van der Waals surface area contributed by atoms with Crippen LogP contribution in [0.2, 0.25) is 5.02 Å². The van der Waals surface area contributed by atoms with Crippen LogP contribution in [-0.2, 0) is 16.0 Å². The van der Waals surface area contributed by atoms with Gasteiger partial charge in [-0.1, -0.05) is 17.7 Å². The van der Waals surface area contributed by atoms with Gasteiger partial charge < -0.3 is 35.3 Å². The highest BCUT2D eigenvalue weighted by atomic mass is 35.5. The first kappa shape index (κ1) is 24.0. The summed E-state index contributed by atoms with van der Waals surface area (Å²) in [5, 5.41) is 7.10. The van der Waals surface area contributed by atoms with Crippen molar-refractivity contribution in [2.75, 3.05) is 56.9 Å². The molecule has 11 heteroatoms. The molecule has 10 nitrogen and oxygen atoms in total. The molecule has 1 aliphatic heterocycles. The molecule has 0 atom stereocenters. The Morgan fingerprint density at radius 2 is 1.59 bits per heavy atom. The third-order valence-corrected chi connectivity index (χ3v) is 5.04. The van der Waals surface area contributed by atoms with Crippen LogP contribution in [0.25, 0.3) is 11.4 Å². The van der Waals surface area contributed by atoms with Gasteiger partial charge in [-0.15, -0.1) is 0 Å². The van der Waals surface area contributed by atoms with Gasteiger partial charge in [0.15, 0.2) is 17.3 Å². The zero-order valence-corrected chi connectivity index (χ0v) is 19.4. The first-order valence-corrected chi connectivity index (χ1v) is 11.3. The van der Waals surface area contributed by atoms with Crippen LogP contribution in [0.4, 0.5) is 11.9 Å². The fourth-order valence-electron chi connectivity index (χ4n) is 3.13. The highest BCUT2D eigenvalue weighted by Crippen LogP contribution is 2.32. The van der Waals surface area contributed by atoms with Crippen LogP contribution in [0.3, 0.4) is 0 Å². The third-order valence-electron chi connectivity index (χ3n) is 4.79. The molecule has 0 radical (unpaired) electrons. The highest BCUT2D eigenvalue weighted by Gasteiger charge is 2.14. The molecule has 0 aliphatic carbocycles. The predicted molar refractivity (Wildman–Crippen MR) is 129 cm³/mol. The van der Waals surface area contributed by atoms with Crippen molar-refractivity contribution >= 4 is 23.5 Å². The Morgan fingerprint density at radius 1 is 0.853 bits per heavy atom. The highest BCUT2D eigenvalue weighted by molar-refractivity contribution is 6.30. The Bertz CT molecular complexity index is 1070. The number of halogens is 1. The second kappa shape index (κ2) is 12.3. The summed E-state index contributed by atoms with van der Waals surface area (Å²) in [6, 6.07) is 13.1. The van der Waals surface area contributed by atoms with Crippen LogP contribution in [0, 0.1) is 0 Å². The summed E-state index contributed by atoms with van der Waals surface area (Å²) in [4.78, 5) is 13.6. The Hall–Kier alpha value is -3.18. The quantitative estimate of drug-likeness (QED) is 0.310. The summed E-state index contributed by atoms with van der Waals surface area (Å²) >= 11 is 6.03. The van der Waals surface area contributed by atoms with Crippen molar-refractivity contribution in [1.29, 1.82) is 0 Å². The van der Waals surface area contributed by atoms with E-state index in [0.29, 0.717) is 68.8 Å². The minimum Gasteiger partial charge on any atom is -0.454 e. The number of fused-ring (bicyclic) bond motifs is 1. The van der Waals surface area contributed by atoms with Crippen LogP contribution >= 0.6 is 11.6 Å². The first-order valence-electron chi connectivity index (χ1n) is 10.9. The summed E-state index contributed by atoms with van der Waals surface area (Å²) < 4.78 is 21.7. The van der Waals surface area contributed by atoms with Crippen molar-refractivity contribution in [2.24, 2.45) is 5.73 Å². The van der Waals surface area contributed by atoms with Crippen molar-refractivity contribution in [3.63, 3.8) is 0 Å². The van der Waals surface area contributed by atoms with E-state index in [1.54, 1.807) is 12.1 Å². The molecule has 2 aromatic carbocycles. The molecule has 0 fully saturated rings. The lowest BCUT2D eigenvalue weighted by atomic mass is 10.2. The number of benzene rings is 2. The minimum absolute atomic E-state index is 0.240. The zero-order chi connectivity index (χ0) is 23.6. The van der Waals surface area contributed by atoms with Gasteiger partial charge in [-0.25, -0.2) is 0 Å². The molecular weight excluding hydrogens is 460 g/mol. The smallest absolute Gasteiger partial charge is 0.231 e. The van der Waals surface area contributed by atoms with E-state index in [2.05, 4.69) is 25.6 Å². The van der Waals surface area contributed by atoms with Crippen LogP contribution in [0.15, 0.2) is 42.5 Å². The molecular formula is C23H27ClN6O4. The Kier molecular flexibility index (Phi) is 8.69. The zero-order valence-electron chi connectivity index (χ0n) is 18.6. The maximum Gasteiger partial charge on any atom is 0.231 e. The fraction of sp³-hybridized carbons (Fsp3) is 0.348. The minimum atomic E-state index is 0.240. The van der Waals surface area contributed by atoms with Crippen molar-refractivity contribution in [1.82, 2.24) is 15.0 Å². The molecule has 0 bridgehead atoms. The van der Waals surface area contributed by atoms with Gasteiger partial charge in [-0.2, -0.15) is 15.0 Å². The number of anilines is 2. The number of aromatic nitrogens is 3. The number of nitrogens with zero attached hydrogens (tertiary/aromatic N) is 3. The summed E-state index contributed by atoms with van der Waals surface area (Å²) in [5.41, 5.74) is 7.23. The van der Waals surface area contributed by atoms with E-state index < -0.39 is 0 Å². The van der Waals surface area contributed by atoms with Gasteiger partial charge in [0.25, 0.3) is 0 Å². The molecule has 2 heterocycles. The van der Waals surface area contributed by atoms with E-state index in [0.717, 1.165) is 22.6 Å². The number of rotatable bonds is 13. The average molecular weight is 487 g/mol. The van der Waals surface area contributed by atoms with Gasteiger partial charge in [0, 0.05) is 30.2 Å². The van der Waals surface area contributed by atoms with Crippen LogP contribution in [-0.4, -0.2) is 61.3 Å². The standard InChI is InChI=1S/C23H27ClN6O4/c24-18-4-2-17(3-5-18)21-28-22(26-8-10-32-12-11-31-9-7-25)30-23(29-21)27-14-16-1-6-19-20(13-16)34-15-33-19/h1-6,13H,7-12,14-15,25H2,(H2,26,27,28,29,30). The summed E-state index contributed by atoms with van der Waals surface area (Å²) in [7, 11) is 0. The van der Waals surface area contributed by atoms with Gasteiger partial charge >= 0.3 is 0 Å². The first-order chi connectivity index (χ1) is 16.7. The van der Waals surface area contributed by atoms with E-state index in [1.807, 2.05) is 30.3 Å². The normalized spacial score (nSPS) is 12.1. The van der Waals surface area contributed by atoms with Crippen molar-refractivity contribution in [3.05, 3.63) is 53.1 Å². The van der Waals surface area contributed by atoms with Gasteiger partial charge in [0.1, 0.15) is 0 Å². The summed E-state index contributed by atoms with van der Waals surface area (Å²) in [5.74, 6) is 2.88. The fourth-order valence-corrected chi connectivity index (χ4v) is 3.26. The second-order valence-electron chi connectivity index (χ2n) is 7.29. The molecule has 4 rings (SSSR count). The number of hydrogen-bond acceptors (Lipinski definition) is 10. The topological polar surface area (TPSA) is 126 Å². The lowest BCUT2D eigenvalue weighted by Gasteiger charge is -2.11. The van der Waals surface area contributed by atoms with Crippen molar-refractivity contribution in [2.45, 2.75) is 6.54 Å². The Morgan fingerprint density at radius 3 is 2.38 bits per heavy atom. The second-order valence-corrected chi connectivity index (χ2v) is 7.73. The lowest BCUT2D eigenvalue weighted by molar-refractivity contribution is 0.0547. The molecule has 0 saturated heterocycles. The maximum atomic E-state index is 6.03. The van der Waals surface area contributed by atoms with Gasteiger partial charge in [0.05, 0.1) is 26.4 Å². The van der Waals surface area contributed by atoms with Crippen LogP contribution in [0.5, 0.6) is 11.5 Å². The molecule has 180 valence electrons. The van der Waals surface area contributed by atoms with Gasteiger partial charge in [-0.3, -0.25) is 0 Å². The van der Waals surface area contributed by atoms with E-state index in [9.17, 15) is 0 Å². The summed E-state index contributed by atoms with van der Waals surface area (Å²) in [6.07, 6.45) is 0. The molecule has 1 aliphatic rings. The number of ether oxygens (including phenoxy) is 4. The van der Waals surface area contributed by atoms with E-state index >= 15 is 0 Å². The largest absolute Gasteiger partial charge is 0.454 e. The molecule has 4 N–H and O–H groups in total. The molecule has 0 unspecified atom stereocenters. The molecule has 0 saturated carbocycles. The molecule has 34 heavy (non-hydrogen) atoms. The van der Waals surface area contributed by atoms with E-state index in [4.69, 9.17) is 36.3 Å². The van der Waals surface area contributed by atoms with Crippen LogP contribution in [0.1, 0.15) is 5.56 Å². The van der Waals surface area contributed by atoms with E-state index in [1.165, 1.54) is 0 Å². The van der Waals surface area contributed by atoms with Crippen LogP contribution < -0.4 is 25.8 Å². The lowest BCUT2D eigenvalue weighted by Crippen LogP contribution is -2.16. The maximum absolute atomic E-state index is 6.03. The number of nitrogens with two attached hydrogens (primary N) is 1. The molecule has 3 aromatic rings. The third kappa shape index (κ3) is 6.91. The summed E-state index contributed by atoms with van der Waals surface area (Å²) in [6.45, 7) is 3.80. The van der Waals surface area contributed by atoms with Crippen molar-refractivity contribution in [3.8, 4) is 22.9 Å². The Balaban J connectivity index is 1.40. The predicted octanol–water partition coefficient (Wildman–Crippen LogP) is 2.94. The average Bonchev–Trinajstić information content (AvgIpc) is 3.33. The molecule has 1 aromatic heterocycles. The molecule has 0 amide bonds. The Labute approximate surface area is 202 Å². The number of hydrogen-bond donors (Lipinski definition) is 3. The number of nitrogens with one attached hydrogen (secondary N) is 2. The SMILES string of the molecule is NCCOCCOCCNc1nc(NCc2ccc3c(c2)OCO3)nc(-c2ccc(Cl)cc2)n1. The van der Waals surface area contributed by atoms with Crippen molar-refractivity contribution < 1.29 is 18.9 Å².